The number of para-hydroxylation sites is 2. The van der Waals surface area contributed by atoms with Crippen LogP contribution in [0.25, 0.3) is 0 Å². The van der Waals surface area contributed by atoms with E-state index in [1.807, 2.05) is 6.07 Å². The molecular formula is C14H20N2O2. The van der Waals surface area contributed by atoms with Crippen LogP contribution < -0.4 is 5.32 Å². The number of hydrogen-bond acceptors (Lipinski definition) is 3. The summed E-state index contributed by atoms with van der Waals surface area (Å²) in [5.41, 5.74) is 0.816. The summed E-state index contributed by atoms with van der Waals surface area (Å²) in [7, 11) is 0. The van der Waals surface area contributed by atoms with E-state index in [0.717, 1.165) is 6.42 Å². The SMILES string of the molecule is CC1CCCC(Nc2ccccc2[N+](=O)[O-])C1C. The Morgan fingerprint density at radius 3 is 2.72 bits per heavy atom. The molecule has 1 aliphatic rings. The third-order valence-corrected chi connectivity index (χ3v) is 4.15. The second-order valence-electron chi connectivity index (χ2n) is 5.29. The van der Waals surface area contributed by atoms with Crippen LogP contribution in [0.3, 0.4) is 0 Å². The normalized spacial score (nSPS) is 27.8. The van der Waals surface area contributed by atoms with Crippen molar-refractivity contribution in [3.63, 3.8) is 0 Å². The summed E-state index contributed by atoms with van der Waals surface area (Å²) in [4.78, 5) is 10.7. The van der Waals surface area contributed by atoms with E-state index in [9.17, 15) is 10.1 Å². The minimum Gasteiger partial charge on any atom is -0.376 e. The van der Waals surface area contributed by atoms with E-state index in [2.05, 4.69) is 19.2 Å². The molecule has 2 rings (SSSR count). The van der Waals surface area contributed by atoms with Gasteiger partial charge in [0.1, 0.15) is 5.69 Å². The number of rotatable bonds is 3. The highest BCUT2D eigenvalue weighted by atomic mass is 16.6. The fraction of sp³-hybridized carbons (Fsp3) is 0.571. The molecule has 98 valence electrons. The summed E-state index contributed by atoms with van der Waals surface area (Å²) >= 11 is 0. The molecule has 0 saturated heterocycles. The molecular weight excluding hydrogens is 228 g/mol. The molecule has 0 bridgehead atoms. The second kappa shape index (κ2) is 5.38. The van der Waals surface area contributed by atoms with E-state index < -0.39 is 0 Å². The van der Waals surface area contributed by atoms with Gasteiger partial charge < -0.3 is 5.32 Å². The minimum absolute atomic E-state index is 0.169. The molecule has 0 heterocycles. The van der Waals surface area contributed by atoms with E-state index in [1.54, 1.807) is 18.2 Å². The lowest BCUT2D eigenvalue weighted by Crippen LogP contribution is -2.35. The molecule has 4 nitrogen and oxygen atoms in total. The first-order valence-corrected chi connectivity index (χ1v) is 6.59. The van der Waals surface area contributed by atoms with Gasteiger partial charge in [-0.3, -0.25) is 10.1 Å². The third-order valence-electron chi connectivity index (χ3n) is 4.15. The van der Waals surface area contributed by atoms with Gasteiger partial charge in [-0.15, -0.1) is 0 Å². The molecule has 1 aromatic rings. The number of nitrogens with one attached hydrogen (secondary N) is 1. The Labute approximate surface area is 108 Å². The Balaban J connectivity index is 2.16. The second-order valence-corrected chi connectivity index (χ2v) is 5.29. The van der Waals surface area contributed by atoms with Gasteiger partial charge in [-0.2, -0.15) is 0 Å². The number of nitro benzene ring substituents is 1. The van der Waals surface area contributed by atoms with Gasteiger partial charge in [0.15, 0.2) is 0 Å². The summed E-state index contributed by atoms with van der Waals surface area (Å²) < 4.78 is 0. The zero-order chi connectivity index (χ0) is 13.1. The number of anilines is 1. The lowest BCUT2D eigenvalue weighted by molar-refractivity contribution is -0.384. The topological polar surface area (TPSA) is 55.2 Å². The predicted octanol–water partition coefficient (Wildman–Crippen LogP) is 3.83. The maximum atomic E-state index is 11.0. The summed E-state index contributed by atoms with van der Waals surface area (Å²) in [5, 5.41) is 14.3. The minimum atomic E-state index is -0.320. The average Bonchev–Trinajstić information content (AvgIpc) is 2.35. The van der Waals surface area contributed by atoms with Crippen molar-refractivity contribution >= 4 is 11.4 Å². The van der Waals surface area contributed by atoms with Crippen molar-refractivity contribution in [1.82, 2.24) is 0 Å². The zero-order valence-electron chi connectivity index (χ0n) is 10.9. The van der Waals surface area contributed by atoms with Crippen molar-refractivity contribution in [3.05, 3.63) is 34.4 Å². The quantitative estimate of drug-likeness (QED) is 0.653. The summed E-state index contributed by atoms with van der Waals surface area (Å²) in [6.07, 6.45) is 3.55. The van der Waals surface area contributed by atoms with Crippen molar-refractivity contribution in [2.75, 3.05) is 5.32 Å². The number of hydrogen-bond donors (Lipinski definition) is 1. The van der Waals surface area contributed by atoms with Crippen LogP contribution in [0.5, 0.6) is 0 Å². The Hall–Kier alpha value is -1.58. The van der Waals surface area contributed by atoms with Crippen molar-refractivity contribution in [2.24, 2.45) is 11.8 Å². The third kappa shape index (κ3) is 2.63. The molecule has 1 N–H and O–H groups in total. The molecule has 0 radical (unpaired) electrons. The van der Waals surface area contributed by atoms with E-state index in [-0.39, 0.29) is 10.6 Å². The van der Waals surface area contributed by atoms with E-state index >= 15 is 0 Å². The largest absolute Gasteiger partial charge is 0.376 e. The van der Waals surface area contributed by atoms with Gasteiger partial charge in [0.05, 0.1) is 4.92 Å². The van der Waals surface area contributed by atoms with E-state index in [0.29, 0.717) is 23.6 Å². The van der Waals surface area contributed by atoms with Crippen molar-refractivity contribution in [3.8, 4) is 0 Å². The molecule has 0 aliphatic heterocycles. The molecule has 1 saturated carbocycles. The average molecular weight is 248 g/mol. The first kappa shape index (κ1) is 12.9. The van der Waals surface area contributed by atoms with Crippen molar-refractivity contribution in [1.29, 1.82) is 0 Å². The number of nitrogens with zero attached hydrogens (tertiary/aromatic N) is 1. The lowest BCUT2D eigenvalue weighted by Gasteiger charge is -2.35. The first-order valence-electron chi connectivity index (χ1n) is 6.59. The highest BCUT2D eigenvalue weighted by molar-refractivity contribution is 5.61. The summed E-state index contributed by atoms with van der Waals surface area (Å²) in [6, 6.07) is 7.24. The smallest absolute Gasteiger partial charge is 0.292 e. The first-order chi connectivity index (χ1) is 8.59. The Bertz CT molecular complexity index is 434. The van der Waals surface area contributed by atoms with Crippen LogP contribution in [0.15, 0.2) is 24.3 Å². The van der Waals surface area contributed by atoms with Crippen LogP contribution in [-0.4, -0.2) is 11.0 Å². The number of nitro groups is 1. The van der Waals surface area contributed by atoms with Crippen LogP contribution >= 0.6 is 0 Å². The van der Waals surface area contributed by atoms with Gasteiger partial charge in [-0.25, -0.2) is 0 Å². The Morgan fingerprint density at radius 2 is 2.00 bits per heavy atom. The molecule has 0 aromatic heterocycles. The van der Waals surface area contributed by atoms with Gasteiger partial charge in [-0.05, 0) is 24.3 Å². The van der Waals surface area contributed by atoms with Gasteiger partial charge in [0, 0.05) is 12.1 Å². The Kier molecular flexibility index (Phi) is 3.84. The monoisotopic (exact) mass is 248 g/mol. The molecule has 4 heteroatoms. The lowest BCUT2D eigenvalue weighted by atomic mass is 9.78. The maximum absolute atomic E-state index is 11.0. The molecule has 18 heavy (non-hydrogen) atoms. The standard InChI is InChI=1S/C14H20N2O2/c1-10-6-5-8-12(11(10)2)15-13-7-3-4-9-14(13)16(17)18/h3-4,7,9-12,15H,5-6,8H2,1-2H3. The van der Waals surface area contributed by atoms with E-state index in [4.69, 9.17) is 0 Å². The number of benzene rings is 1. The van der Waals surface area contributed by atoms with Gasteiger partial charge >= 0.3 is 0 Å². The van der Waals surface area contributed by atoms with Crippen molar-refractivity contribution < 1.29 is 4.92 Å². The van der Waals surface area contributed by atoms with Crippen LogP contribution in [-0.2, 0) is 0 Å². The highest BCUT2D eigenvalue weighted by Crippen LogP contribution is 2.33. The van der Waals surface area contributed by atoms with Gasteiger partial charge in [0.25, 0.3) is 5.69 Å². The fourth-order valence-electron chi connectivity index (χ4n) is 2.74. The molecule has 3 atom stereocenters. The fourth-order valence-corrected chi connectivity index (χ4v) is 2.74. The summed E-state index contributed by atoms with van der Waals surface area (Å²) in [6.45, 7) is 4.49. The molecule has 0 amide bonds. The maximum Gasteiger partial charge on any atom is 0.292 e. The van der Waals surface area contributed by atoms with Gasteiger partial charge in [0.2, 0.25) is 0 Å². The molecule has 3 unspecified atom stereocenters. The van der Waals surface area contributed by atoms with Crippen LogP contribution in [0, 0.1) is 22.0 Å². The van der Waals surface area contributed by atoms with Crippen LogP contribution in [0.1, 0.15) is 33.1 Å². The van der Waals surface area contributed by atoms with Crippen LogP contribution in [0.2, 0.25) is 0 Å². The van der Waals surface area contributed by atoms with Crippen molar-refractivity contribution in [2.45, 2.75) is 39.2 Å². The predicted molar refractivity (Wildman–Crippen MR) is 72.7 cm³/mol. The molecule has 1 fully saturated rings. The molecule has 1 aromatic carbocycles. The zero-order valence-corrected chi connectivity index (χ0v) is 10.9. The highest BCUT2D eigenvalue weighted by Gasteiger charge is 2.28. The molecule has 1 aliphatic carbocycles. The van der Waals surface area contributed by atoms with Gasteiger partial charge in [-0.1, -0.05) is 38.8 Å². The Morgan fingerprint density at radius 1 is 1.28 bits per heavy atom. The van der Waals surface area contributed by atoms with E-state index in [1.165, 1.54) is 12.8 Å². The molecule has 0 spiro atoms. The van der Waals surface area contributed by atoms with Crippen LogP contribution in [0.4, 0.5) is 11.4 Å². The summed E-state index contributed by atoms with van der Waals surface area (Å²) in [5.74, 6) is 1.23.